The minimum Gasteiger partial charge on any atom is -0.461 e. The summed E-state index contributed by atoms with van der Waals surface area (Å²) in [7, 11) is -0.603. The molecule has 0 bridgehead atoms. The van der Waals surface area contributed by atoms with Gasteiger partial charge in [-0.15, -0.1) is 0 Å². The van der Waals surface area contributed by atoms with Gasteiger partial charge in [0, 0.05) is 0 Å². The van der Waals surface area contributed by atoms with Gasteiger partial charge in [0.15, 0.2) is 0 Å². The van der Waals surface area contributed by atoms with Crippen LogP contribution in [0.25, 0.3) is 0 Å². The highest BCUT2D eigenvalue weighted by Crippen LogP contribution is 2.34. The van der Waals surface area contributed by atoms with Crippen LogP contribution in [0.3, 0.4) is 0 Å². The molecular formula is C13H20O2S. The molecule has 0 radical (unpaired) electrons. The van der Waals surface area contributed by atoms with Gasteiger partial charge in [-0.3, -0.25) is 4.79 Å². The van der Waals surface area contributed by atoms with Crippen LogP contribution in [0.4, 0.5) is 0 Å². The Bertz CT molecular complexity index is 328. The Morgan fingerprint density at radius 2 is 1.81 bits per heavy atom. The third-order valence-corrected chi connectivity index (χ3v) is 3.59. The fraction of sp³-hybridized carbons (Fsp3) is 0.462. The van der Waals surface area contributed by atoms with Crippen molar-refractivity contribution in [1.29, 1.82) is 0 Å². The summed E-state index contributed by atoms with van der Waals surface area (Å²) in [4.78, 5) is 11.5. The highest BCUT2D eigenvalue weighted by Gasteiger charge is 2.09. The molecule has 0 unspecified atom stereocenters. The van der Waals surface area contributed by atoms with Gasteiger partial charge >= 0.3 is 5.97 Å². The molecule has 0 atom stereocenters. The highest BCUT2D eigenvalue weighted by atomic mass is 32.3. The third kappa shape index (κ3) is 5.81. The van der Waals surface area contributed by atoms with Crippen LogP contribution in [0.5, 0.6) is 0 Å². The van der Waals surface area contributed by atoms with E-state index >= 15 is 0 Å². The molecule has 0 fully saturated rings. The van der Waals surface area contributed by atoms with Crippen LogP contribution in [0.2, 0.25) is 0 Å². The number of hydrogen-bond acceptors (Lipinski definition) is 2. The van der Waals surface area contributed by atoms with E-state index in [1.807, 2.05) is 30.3 Å². The van der Waals surface area contributed by atoms with Gasteiger partial charge in [-0.2, -0.15) is 0 Å². The van der Waals surface area contributed by atoms with E-state index in [9.17, 15) is 4.79 Å². The lowest BCUT2D eigenvalue weighted by atomic mass is 10.2. The van der Waals surface area contributed by atoms with Gasteiger partial charge in [0.25, 0.3) is 0 Å². The predicted octanol–water partition coefficient (Wildman–Crippen LogP) is 2.81. The summed E-state index contributed by atoms with van der Waals surface area (Å²) < 4.78 is 5.20. The Kier molecular flexibility index (Phi) is 4.87. The Hall–Kier alpha value is -0.960. The molecule has 0 N–H and O–H groups in total. The molecule has 0 aromatic heterocycles. The normalized spacial score (nSPS) is 12.2. The van der Waals surface area contributed by atoms with E-state index in [1.165, 1.54) is 0 Å². The standard InChI is InChI=1S/C13H20O2S/c1-16(2,3)10-9-13(14)15-11-12-7-5-4-6-8-12/h4-8H,9-11H2,1-3H3. The Labute approximate surface area is 99.3 Å². The summed E-state index contributed by atoms with van der Waals surface area (Å²) in [6.45, 7) is 0.388. The maximum absolute atomic E-state index is 11.5. The predicted molar refractivity (Wildman–Crippen MR) is 71.1 cm³/mol. The molecule has 0 heterocycles. The summed E-state index contributed by atoms with van der Waals surface area (Å²) in [5, 5.41) is 0. The molecule has 0 amide bonds. The van der Waals surface area contributed by atoms with E-state index in [0.29, 0.717) is 13.0 Å². The molecule has 0 spiro atoms. The lowest BCUT2D eigenvalue weighted by Gasteiger charge is -2.24. The van der Waals surface area contributed by atoms with Crippen molar-refractivity contribution < 1.29 is 9.53 Å². The number of benzene rings is 1. The van der Waals surface area contributed by atoms with Crippen molar-refractivity contribution in [2.75, 3.05) is 24.5 Å². The molecule has 0 aliphatic heterocycles. The minimum atomic E-state index is -0.603. The third-order valence-electron chi connectivity index (χ3n) is 2.16. The SMILES string of the molecule is CS(C)(C)CCC(=O)OCc1ccccc1. The number of hydrogen-bond donors (Lipinski definition) is 0. The van der Waals surface area contributed by atoms with Gasteiger partial charge in [-0.05, 0) is 30.1 Å². The molecule has 0 aliphatic rings. The molecule has 0 saturated carbocycles. The summed E-state index contributed by atoms with van der Waals surface area (Å²) in [5.74, 6) is 0.854. The van der Waals surface area contributed by atoms with Crippen LogP contribution >= 0.6 is 10.0 Å². The van der Waals surface area contributed by atoms with E-state index < -0.39 is 10.0 Å². The van der Waals surface area contributed by atoms with Crippen LogP contribution in [0.1, 0.15) is 12.0 Å². The van der Waals surface area contributed by atoms with Crippen LogP contribution in [-0.2, 0) is 16.1 Å². The fourth-order valence-corrected chi connectivity index (χ4v) is 1.98. The summed E-state index contributed by atoms with van der Waals surface area (Å²) in [6.07, 6.45) is 7.15. The Balaban J connectivity index is 2.26. The van der Waals surface area contributed by atoms with Crippen LogP contribution in [-0.4, -0.2) is 30.5 Å². The second-order valence-electron chi connectivity index (χ2n) is 4.69. The molecule has 90 valence electrons. The lowest BCUT2D eigenvalue weighted by molar-refractivity contribution is -0.144. The average Bonchev–Trinajstić information content (AvgIpc) is 2.24. The first kappa shape index (κ1) is 13.1. The zero-order valence-corrected chi connectivity index (χ0v) is 11.0. The first-order chi connectivity index (χ1) is 7.47. The highest BCUT2D eigenvalue weighted by molar-refractivity contribution is 8.32. The van der Waals surface area contributed by atoms with Crippen LogP contribution < -0.4 is 0 Å². The largest absolute Gasteiger partial charge is 0.461 e. The van der Waals surface area contributed by atoms with Gasteiger partial charge in [0.1, 0.15) is 6.61 Å². The van der Waals surface area contributed by atoms with Crippen molar-refractivity contribution >= 4 is 16.0 Å². The molecule has 1 aromatic rings. The number of carbonyl (C=O) groups excluding carboxylic acids is 1. The van der Waals surface area contributed by atoms with Gasteiger partial charge in [-0.1, -0.05) is 30.3 Å². The van der Waals surface area contributed by atoms with Crippen molar-refractivity contribution in [3.8, 4) is 0 Å². The van der Waals surface area contributed by atoms with Crippen LogP contribution in [0, 0.1) is 0 Å². The second-order valence-corrected chi connectivity index (χ2v) is 9.28. The van der Waals surface area contributed by atoms with Gasteiger partial charge < -0.3 is 4.74 Å². The summed E-state index contributed by atoms with van der Waals surface area (Å²) in [5.41, 5.74) is 1.04. The lowest BCUT2D eigenvalue weighted by Crippen LogP contribution is -2.09. The van der Waals surface area contributed by atoms with Gasteiger partial charge in [-0.25, -0.2) is 10.0 Å². The van der Waals surface area contributed by atoms with E-state index in [-0.39, 0.29) is 5.97 Å². The van der Waals surface area contributed by atoms with E-state index in [4.69, 9.17) is 4.74 Å². The smallest absolute Gasteiger partial charge is 0.306 e. The van der Waals surface area contributed by atoms with Crippen LogP contribution in [0.15, 0.2) is 30.3 Å². The molecular weight excluding hydrogens is 220 g/mol. The van der Waals surface area contributed by atoms with Gasteiger partial charge in [0.05, 0.1) is 6.42 Å². The molecule has 1 rings (SSSR count). The molecule has 1 aromatic carbocycles. The van der Waals surface area contributed by atoms with E-state index in [0.717, 1.165) is 11.3 Å². The molecule has 3 heteroatoms. The average molecular weight is 240 g/mol. The number of esters is 1. The fourth-order valence-electron chi connectivity index (χ4n) is 1.20. The number of ether oxygens (including phenoxy) is 1. The van der Waals surface area contributed by atoms with Crippen molar-refractivity contribution in [3.05, 3.63) is 35.9 Å². The van der Waals surface area contributed by atoms with Crippen molar-refractivity contribution in [3.63, 3.8) is 0 Å². The zero-order chi connectivity index (χ0) is 12.0. The maximum Gasteiger partial charge on any atom is 0.306 e. The first-order valence-corrected chi connectivity index (χ1v) is 8.35. The molecule has 16 heavy (non-hydrogen) atoms. The number of carbonyl (C=O) groups is 1. The second kappa shape index (κ2) is 5.94. The van der Waals surface area contributed by atoms with Crippen molar-refractivity contribution in [2.45, 2.75) is 13.0 Å². The first-order valence-electron chi connectivity index (χ1n) is 5.33. The zero-order valence-electron chi connectivity index (χ0n) is 10.2. The summed E-state index contributed by atoms with van der Waals surface area (Å²) in [6, 6.07) is 9.77. The molecule has 0 saturated heterocycles. The van der Waals surface area contributed by atoms with Crippen molar-refractivity contribution in [1.82, 2.24) is 0 Å². The van der Waals surface area contributed by atoms with Crippen molar-refractivity contribution in [2.24, 2.45) is 0 Å². The number of rotatable bonds is 5. The Morgan fingerprint density at radius 1 is 1.19 bits per heavy atom. The van der Waals surface area contributed by atoms with Gasteiger partial charge in [0.2, 0.25) is 0 Å². The molecule has 2 nitrogen and oxygen atoms in total. The maximum atomic E-state index is 11.5. The quantitative estimate of drug-likeness (QED) is 0.740. The summed E-state index contributed by atoms with van der Waals surface area (Å²) >= 11 is 0. The topological polar surface area (TPSA) is 26.3 Å². The monoisotopic (exact) mass is 240 g/mol. The van der Waals surface area contributed by atoms with E-state index in [2.05, 4.69) is 18.8 Å². The van der Waals surface area contributed by atoms with E-state index in [1.54, 1.807) is 0 Å². The minimum absolute atomic E-state index is 0.0914. The molecule has 0 aliphatic carbocycles. The Morgan fingerprint density at radius 3 is 2.38 bits per heavy atom.